The quantitative estimate of drug-likeness (QED) is 0.344. The minimum atomic E-state index is -0.251. The number of hydrogen-bond acceptors (Lipinski definition) is 7. The number of ether oxygens (including phenoxy) is 4. The fourth-order valence-corrected chi connectivity index (χ4v) is 5.57. The normalized spacial score (nSPS) is 19.6. The van der Waals surface area contributed by atoms with Gasteiger partial charge in [0.05, 0.1) is 20.3 Å². The van der Waals surface area contributed by atoms with E-state index in [1.807, 2.05) is 25.8 Å². The fourth-order valence-electron chi connectivity index (χ4n) is 5.57. The predicted molar refractivity (Wildman–Crippen MR) is 152 cm³/mol. The molecule has 2 fully saturated rings. The summed E-state index contributed by atoms with van der Waals surface area (Å²) in [5, 5.41) is 3.43. The Balaban J connectivity index is 1.58. The first-order chi connectivity index (χ1) is 18.8. The molecule has 1 N–H and O–H groups in total. The van der Waals surface area contributed by atoms with Crippen molar-refractivity contribution in [1.29, 1.82) is 0 Å². The first kappa shape index (κ1) is 31.0. The summed E-state index contributed by atoms with van der Waals surface area (Å²) in [6.45, 7) is 8.39. The predicted octanol–water partition coefficient (Wildman–Crippen LogP) is 4.45. The van der Waals surface area contributed by atoms with Gasteiger partial charge in [0, 0.05) is 70.9 Å². The molecular weight excluding hydrogens is 498 g/mol. The number of benzene rings is 1. The van der Waals surface area contributed by atoms with Crippen molar-refractivity contribution in [2.24, 2.45) is 17.8 Å². The number of amides is 2. The number of hydrogen-bond donors (Lipinski definition) is 1. The van der Waals surface area contributed by atoms with Crippen LogP contribution < -0.4 is 14.8 Å². The van der Waals surface area contributed by atoms with E-state index in [-0.39, 0.29) is 29.9 Å². The summed E-state index contributed by atoms with van der Waals surface area (Å²) in [7, 11) is 5.09. The average Bonchev–Trinajstić information content (AvgIpc) is 3.39. The molecule has 0 bridgehead atoms. The van der Waals surface area contributed by atoms with E-state index < -0.39 is 0 Å². The Labute approximate surface area is 234 Å². The second-order valence-electron chi connectivity index (χ2n) is 11.3. The van der Waals surface area contributed by atoms with Gasteiger partial charge in [-0.1, -0.05) is 19.3 Å². The van der Waals surface area contributed by atoms with Crippen LogP contribution in [-0.4, -0.2) is 95.1 Å². The molecule has 2 atom stereocenters. The van der Waals surface area contributed by atoms with Gasteiger partial charge < -0.3 is 34.1 Å². The molecule has 1 aliphatic heterocycles. The maximum absolute atomic E-state index is 13.7. The van der Waals surface area contributed by atoms with Crippen molar-refractivity contribution in [3.05, 3.63) is 23.8 Å². The van der Waals surface area contributed by atoms with E-state index in [1.165, 1.54) is 32.1 Å². The van der Waals surface area contributed by atoms with Gasteiger partial charge in [0.15, 0.2) is 11.5 Å². The topological polar surface area (TPSA) is 89.6 Å². The molecule has 1 aromatic carbocycles. The Morgan fingerprint density at radius 1 is 1.00 bits per heavy atom. The highest BCUT2D eigenvalue weighted by Gasteiger charge is 2.33. The molecule has 220 valence electrons. The standard InChI is InChI=1S/C30H49N3O6/c1-22(2)33(29(34)24-12-13-27(37-5)28(16-24)38-15-9-14-36-4)20-25-17-31-18-26(25)21-39-30(35)32(3)19-23-10-7-6-8-11-23/h12-13,16,22-23,25-26,31H,6-11,14-15,17-21H2,1-5H3/t25-,26-/m0/s1. The maximum Gasteiger partial charge on any atom is 0.409 e. The Kier molecular flexibility index (Phi) is 12.7. The van der Waals surface area contributed by atoms with Gasteiger partial charge >= 0.3 is 6.09 Å². The minimum Gasteiger partial charge on any atom is -0.493 e. The Bertz CT molecular complexity index is 905. The molecule has 1 aromatic rings. The molecule has 9 nitrogen and oxygen atoms in total. The molecule has 1 saturated carbocycles. The summed E-state index contributed by atoms with van der Waals surface area (Å²) < 4.78 is 22.2. The molecule has 9 heteroatoms. The van der Waals surface area contributed by atoms with Crippen LogP contribution in [0.1, 0.15) is 62.7 Å². The van der Waals surface area contributed by atoms with Gasteiger partial charge in [0.1, 0.15) is 0 Å². The highest BCUT2D eigenvalue weighted by molar-refractivity contribution is 5.95. The number of carbonyl (C=O) groups is 2. The van der Waals surface area contributed by atoms with Gasteiger partial charge in [-0.25, -0.2) is 4.79 Å². The van der Waals surface area contributed by atoms with E-state index in [0.717, 1.165) is 26.1 Å². The van der Waals surface area contributed by atoms with Crippen molar-refractivity contribution in [3.8, 4) is 11.5 Å². The van der Waals surface area contributed by atoms with Crippen molar-refractivity contribution in [2.75, 3.05) is 67.3 Å². The Morgan fingerprint density at radius 3 is 2.44 bits per heavy atom. The molecule has 1 heterocycles. The third-order valence-corrected chi connectivity index (χ3v) is 7.95. The summed E-state index contributed by atoms with van der Waals surface area (Å²) in [6.07, 6.45) is 6.70. The van der Waals surface area contributed by atoms with E-state index in [4.69, 9.17) is 18.9 Å². The van der Waals surface area contributed by atoms with Gasteiger partial charge in [-0.15, -0.1) is 0 Å². The summed E-state index contributed by atoms with van der Waals surface area (Å²) in [4.78, 5) is 30.0. The lowest BCUT2D eigenvalue weighted by Gasteiger charge is -2.32. The van der Waals surface area contributed by atoms with Crippen molar-refractivity contribution in [3.63, 3.8) is 0 Å². The van der Waals surface area contributed by atoms with Gasteiger partial charge in [-0.2, -0.15) is 0 Å². The molecule has 0 radical (unpaired) electrons. The number of rotatable bonds is 14. The molecule has 0 spiro atoms. The van der Waals surface area contributed by atoms with Gasteiger partial charge in [0.2, 0.25) is 0 Å². The van der Waals surface area contributed by atoms with Gasteiger partial charge in [-0.3, -0.25) is 4.79 Å². The smallest absolute Gasteiger partial charge is 0.409 e. The van der Waals surface area contributed by atoms with Crippen LogP contribution in [0.15, 0.2) is 18.2 Å². The van der Waals surface area contributed by atoms with Gasteiger partial charge in [-0.05, 0) is 56.7 Å². The van der Waals surface area contributed by atoms with Crippen LogP contribution in [0.4, 0.5) is 4.79 Å². The molecule has 1 aliphatic carbocycles. The summed E-state index contributed by atoms with van der Waals surface area (Å²) in [5.74, 6) is 2.02. The van der Waals surface area contributed by atoms with E-state index >= 15 is 0 Å². The molecule has 3 rings (SSSR count). The highest BCUT2D eigenvalue weighted by Crippen LogP contribution is 2.30. The third-order valence-electron chi connectivity index (χ3n) is 7.95. The van der Waals surface area contributed by atoms with Crippen molar-refractivity contribution in [1.82, 2.24) is 15.1 Å². The largest absolute Gasteiger partial charge is 0.493 e. The molecule has 2 amide bonds. The third kappa shape index (κ3) is 9.28. The number of nitrogens with one attached hydrogen (secondary N) is 1. The molecule has 39 heavy (non-hydrogen) atoms. The summed E-state index contributed by atoms with van der Waals surface area (Å²) in [5.41, 5.74) is 0.560. The zero-order valence-corrected chi connectivity index (χ0v) is 24.6. The van der Waals surface area contributed by atoms with E-state index in [9.17, 15) is 9.59 Å². The second-order valence-corrected chi connectivity index (χ2v) is 11.3. The first-order valence-electron chi connectivity index (χ1n) is 14.5. The average molecular weight is 548 g/mol. The first-order valence-corrected chi connectivity index (χ1v) is 14.5. The highest BCUT2D eigenvalue weighted by atomic mass is 16.6. The number of nitrogens with zero attached hydrogens (tertiary/aromatic N) is 2. The van der Waals surface area contributed by atoms with Crippen LogP contribution in [-0.2, 0) is 9.47 Å². The Morgan fingerprint density at radius 2 is 1.74 bits per heavy atom. The zero-order chi connectivity index (χ0) is 28.2. The molecule has 1 saturated heterocycles. The summed E-state index contributed by atoms with van der Waals surface area (Å²) in [6, 6.07) is 5.33. The lowest BCUT2D eigenvalue weighted by molar-refractivity contribution is 0.0595. The fraction of sp³-hybridized carbons (Fsp3) is 0.733. The van der Waals surface area contributed by atoms with E-state index in [1.54, 1.807) is 37.3 Å². The van der Waals surface area contributed by atoms with Gasteiger partial charge in [0.25, 0.3) is 5.91 Å². The molecule has 0 aromatic heterocycles. The SMILES string of the molecule is COCCCOc1cc(C(=O)N(C[C@@H]2CNC[C@H]2COC(=O)N(C)CC2CCCCC2)C(C)C)ccc1OC. The van der Waals surface area contributed by atoms with Crippen LogP contribution in [0.5, 0.6) is 11.5 Å². The van der Waals surface area contributed by atoms with Crippen molar-refractivity contribution in [2.45, 2.75) is 58.4 Å². The van der Waals surface area contributed by atoms with Crippen LogP contribution >= 0.6 is 0 Å². The minimum absolute atomic E-state index is 0.0103. The lowest BCUT2D eigenvalue weighted by Crippen LogP contribution is -2.43. The van der Waals surface area contributed by atoms with Crippen molar-refractivity contribution >= 4 is 12.0 Å². The Hall–Kier alpha value is -2.52. The van der Waals surface area contributed by atoms with Crippen LogP contribution in [0.3, 0.4) is 0 Å². The second kappa shape index (κ2) is 15.9. The number of carbonyl (C=O) groups excluding carboxylic acids is 2. The van der Waals surface area contributed by atoms with E-state index in [0.29, 0.717) is 49.3 Å². The molecular formula is C30H49N3O6. The van der Waals surface area contributed by atoms with Crippen LogP contribution in [0.25, 0.3) is 0 Å². The van der Waals surface area contributed by atoms with Crippen LogP contribution in [0, 0.1) is 17.8 Å². The van der Waals surface area contributed by atoms with Crippen molar-refractivity contribution < 1.29 is 28.5 Å². The number of methoxy groups -OCH3 is 2. The maximum atomic E-state index is 13.7. The van der Waals surface area contributed by atoms with E-state index in [2.05, 4.69) is 5.32 Å². The summed E-state index contributed by atoms with van der Waals surface area (Å²) >= 11 is 0. The zero-order valence-electron chi connectivity index (χ0n) is 24.6. The lowest BCUT2D eigenvalue weighted by atomic mass is 9.89. The molecule has 2 aliphatic rings. The van der Waals surface area contributed by atoms with Crippen LogP contribution in [0.2, 0.25) is 0 Å². The molecule has 0 unspecified atom stereocenters. The monoisotopic (exact) mass is 547 g/mol.